The molecule has 0 bridgehead atoms. The first kappa shape index (κ1) is 11.8. The number of rotatable bonds is 4. The first-order valence-corrected chi connectivity index (χ1v) is 6.85. The zero-order chi connectivity index (χ0) is 10.8. The summed E-state index contributed by atoms with van der Waals surface area (Å²) in [5, 5.41) is 4.25. The summed E-state index contributed by atoms with van der Waals surface area (Å²) in [5.41, 5.74) is 0.710. The molecular weight excluding hydrogens is 247 g/mol. The molecule has 14 heavy (non-hydrogen) atoms. The third-order valence-corrected chi connectivity index (χ3v) is 3.15. The van der Waals surface area contributed by atoms with Crippen molar-refractivity contribution < 1.29 is 8.42 Å². The third kappa shape index (κ3) is 3.48. The van der Waals surface area contributed by atoms with Crippen LogP contribution in [0.2, 0.25) is 5.15 Å². The molecule has 0 N–H and O–H groups in total. The summed E-state index contributed by atoms with van der Waals surface area (Å²) in [4.78, 5) is 0. The molecule has 0 radical (unpaired) electrons. The van der Waals surface area contributed by atoms with E-state index in [-0.39, 0.29) is 11.6 Å². The number of hydrogen-bond acceptors (Lipinski definition) is 3. The predicted octanol–water partition coefficient (Wildman–Crippen LogP) is 1.32. The lowest BCUT2D eigenvalue weighted by Gasteiger charge is -1.98. The molecule has 0 aromatic carbocycles. The number of halogens is 2. The molecule has 0 atom stereocenters. The Balaban J connectivity index is 2.69. The molecule has 4 nitrogen and oxygen atoms in total. The van der Waals surface area contributed by atoms with Gasteiger partial charge in [0.25, 0.3) is 0 Å². The van der Waals surface area contributed by atoms with Crippen molar-refractivity contribution in [2.24, 2.45) is 0 Å². The van der Waals surface area contributed by atoms with E-state index in [1.54, 1.807) is 6.20 Å². The van der Waals surface area contributed by atoms with Crippen LogP contribution < -0.4 is 0 Å². The lowest BCUT2D eigenvalue weighted by Crippen LogP contribution is -2.11. The highest BCUT2D eigenvalue weighted by molar-refractivity contribution is 7.90. The van der Waals surface area contributed by atoms with E-state index in [0.717, 1.165) is 0 Å². The smallest absolute Gasteiger partial charge is 0.155 e. The van der Waals surface area contributed by atoms with Crippen LogP contribution in [0.1, 0.15) is 5.56 Å². The van der Waals surface area contributed by atoms with Crippen LogP contribution in [-0.4, -0.2) is 30.2 Å². The number of sulfone groups is 1. The van der Waals surface area contributed by atoms with E-state index < -0.39 is 9.84 Å². The minimum absolute atomic E-state index is 0.0483. The van der Waals surface area contributed by atoms with Crippen LogP contribution in [0.15, 0.2) is 6.20 Å². The quantitative estimate of drug-likeness (QED) is 0.764. The van der Waals surface area contributed by atoms with Gasteiger partial charge in [-0.15, -0.1) is 11.6 Å². The van der Waals surface area contributed by atoms with Gasteiger partial charge in [-0.2, -0.15) is 5.10 Å². The Bertz CT molecular complexity index is 413. The summed E-state index contributed by atoms with van der Waals surface area (Å²) in [6.45, 7) is 0.301. The first-order valence-electron chi connectivity index (χ1n) is 3.88. The van der Waals surface area contributed by atoms with Crippen molar-refractivity contribution in [1.82, 2.24) is 9.78 Å². The summed E-state index contributed by atoms with van der Waals surface area (Å²) >= 11 is 11.3. The molecule has 0 saturated carbocycles. The number of aromatic nitrogens is 2. The van der Waals surface area contributed by atoms with E-state index in [0.29, 0.717) is 17.3 Å². The SMILES string of the molecule is CS(=O)(=O)CCn1cc(CCl)c(Cl)n1. The van der Waals surface area contributed by atoms with E-state index in [1.807, 2.05) is 0 Å². The van der Waals surface area contributed by atoms with E-state index >= 15 is 0 Å². The van der Waals surface area contributed by atoms with E-state index in [4.69, 9.17) is 23.2 Å². The topological polar surface area (TPSA) is 52.0 Å². The van der Waals surface area contributed by atoms with Crippen molar-refractivity contribution in [3.8, 4) is 0 Å². The first-order chi connectivity index (χ1) is 6.42. The molecule has 0 aliphatic carbocycles. The molecule has 0 saturated heterocycles. The van der Waals surface area contributed by atoms with Gasteiger partial charge in [-0.05, 0) is 0 Å². The maximum atomic E-state index is 10.9. The van der Waals surface area contributed by atoms with Gasteiger partial charge in [-0.3, -0.25) is 4.68 Å². The molecule has 0 unspecified atom stereocenters. The molecule has 7 heteroatoms. The van der Waals surface area contributed by atoms with Crippen molar-refractivity contribution in [2.45, 2.75) is 12.4 Å². The zero-order valence-corrected chi connectivity index (χ0v) is 9.90. The van der Waals surface area contributed by atoms with Crippen LogP contribution in [0.3, 0.4) is 0 Å². The molecule has 1 aromatic heterocycles. The third-order valence-electron chi connectivity index (χ3n) is 1.62. The van der Waals surface area contributed by atoms with Crippen LogP contribution >= 0.6 is 23.2 Å². The molecule has 80 valence electrons. The maximum absolute atomic E-state index is 10.9. The van der Waals surface area contributed by atoms with Crippen molar-refractivity contribution in [3.63, 3.8) is 0 Å². The summed E-state index contributed by atoms with van der Waals surface area (Å²) in [5.74, 6) is 0.324. The van der Waals surface area contributed by atoms with Crippen molar-refractivity contribution in [3.05, 3.63) is 16.9 Å². The van der Waals surface area contributed by atoms with Gasteiger partial charge in [0.15, 0.2) is 5.15 Å². The van der Waals surface area contributed by atoms with Crippen LogP contribution in [0, 0.1) is 0 Å². The highest BCUT2D eigenvalue weighted by Gasteiger charge is 2.07. The average molecular weight is 257 g/mol. The summed E-state index contributed by atoms with van der Waals surface area (Å²) < 4.78 is 23.2. The van der Waals surface area contributed by atoms with Gasteiger partial charge in [0.2, 0.25) is 0 Å². The second-order valence-electron chi connectivity index (χ2n) is 2.97. The predicted molar refractivity (Wildman–Crippen MR) is 56.5 cm³/mol. The monoisotopic (exact) mass is 256 g/mol. The van der Waals surface area contributed by atoms with Gasteiger partial charge >= 0.3 is 0 Å². The average Bonchev–Trinajstić information content (AvgIpc) is 2.42. The Hall–Kier alpha value is -0.260. The molecule has 1 rings (SSSR count). The Morgan fingerprint density at radius 1 is 1.57 bits per heavy atom. The molecule has 0 aliphatic heterocycles. The zero-order valence-electron chi connectivity index (χ0n) is 7.57. The van der Waals surface area contributed by atoms with Gasteiger partial charge in [0, 0.05) is 18.0 Å². The van der Waals surface area contributed by atoms with Gasteiger partial charge in [0.05, 0.1) is 18.2 Å². The molecule has 1 aromatic rings. The molecule has 1 heterocycles. The fraction of sp³-hybridized carbons (Fsp3) is 0.571. The Morgan fingerprint density at radius 2 is 2.21 bits per heavy atom. The molecular formula is C7H10Cl2N2O2S. The standard InChI is InChI=1S/C7H10Cl2N2O2S/c1-14(12,13)3-2-11-5-6(4-8)7(9)10-11/h5H,2-4H2,1H3. The molecule has 0 amide bonds. The van der Waals surface area contributed by atoms with Crippen molar-refractivity contribution in [1.29, 1.82) is 0 Å². The number of nitrogens with zero attached hydrogens (tertiary/aromatic N) is 2. The molecule has 0 aliphatic rings. The summed E-state index contributed by atoms with van der Waals surface area (Å²) in [6.07, 6.45) is 2.83. The second kappa shape index (κ2) is 4.51. The van der Waals surface area contributed by atoms with Gasteiger partial charge in [0.1, 0.15) is 9.84 Å². The van der Waals surface area contributed by atoms with E-state index in [1.165, 1.54) is 10.9 Å². The number of hydrogen-bond donors (Lipinski definition) is 0. The number of aryl methyl sites for hydroxylation is 1. The maximum Gasteiger partial charge on any atom is 0.155 e. The minimum atomic E-state index is -2.97. The normalized spacial score (nSPS) is 11.9. The van der Waals surface area contributed by atoms with E-state index in [9.17, 15) is 8.42 Å². The van der Waals surface area contributed by atoms with Gasteiger partial charge < -0.3 is 0 Å². The Kier molecular flexibility index (Phi) is 3.80. The van der Waals surface area contributed by atoms with Gasteiger partial charge in [-0.25, -0.2) is 8.42 Å². The highest BCUT2D eigenvalue weighted by Crippen LogP contribution is 2.15. The minimum Gasteiger partial charge on any atom is -0.270 e. The second-order valence-corrected chi connectivity index (χ2v) is 5.86. The van der Waals surface area contributed by atoms with Crippen molar-refractivity contribution >= 4 is 33.0 Å². The lowest BCUT2D eigenvalue weighted by molar-refractivity contribution is 0.586. The summed E-state index contributed by atoms with van der Waals surface area (Å²) in [6, 6.07) is 0. The Labute approximate surface area is 92.7 Å². The van der Waals surface area contributed by atoms with Crippen LogP contribution in [-0.2, 0) is 22.3 Å². The van der Waals surface area contributed by atoms with Crippen LogP contribution in [0.25, 0.3) is 0 Å². The van der Waals surface area contributed by atoms with Crippen LogP contribution in [0.5, 0.6) is 0 Å². The number of alkyl halides is 1. The fourth-order valence-electron chi connectivity index (χ4n) is 0.903. The highest BCUT2D eigenvalue weighted by atomic mass is 35.5. The van der Waals surface area contributed by atoms with E-state index in [2.05, 4.69) is 5.10 Å². The fourth-order valence-corrected chi connectivity index (χ4v) is 1.90. The lowest BCUT2D eigenvalue weighted by atomic mass is 10.4. The van der Waals surface area contributed by atoms with Crippen molar-refractivity contribution in [2.75, 3.05) is 12.0 Å². The van der Waals surface area contributed by atoms with Gasteiger partial charge in [-0.1, -0.05) is 11.6 Å². The Morgan fingerprint density at radius 3 is 2.64 bits per heavy atom. The molecule has 0 spiro atoms. The molecule has 0 fully saturated rings. The van der Waals surface area contributed by atoms with Crippen LogP contribution in [0.4, 0.5) is 0 Å². The largest absolute Gasteiger partial charge is 0.270 e. The summed E-state index contributed by atoms with van der Waals surface area (Å²) in [7, 11) is -2.97.